The average Bonchev–Trinajstić information content (AvgIpc) is 2.78. The van der Waals surface area contributed by atoms with Crippen molar-refractivity contribution in [3.8, 4) is 0 Å². The number of benzene rings is 1. The molecule has 5 nitrogen and oxygen atoms in total. The molecule has 0 radical (unpaired) electrons. The number of halogens is 1. The zero-order valence-electron chi connectivity index (χ0n) is 9.25. The lowest BCUT2D eigenvalue weighted by Crippen LogP contribution is -2.05. The highest BCUT2D eigenvalue weighted by atomic mass is 79.9. The van der Waals surface area contributed by atoms with Gasteiger partial charge in [0, 0.05) is 22.3 Å². The summed E-state index contributed by atoms with van der Waals surface area (Å²) >= 11 is 3.20. The first-order valence-corrected chi connectivity index (χ1v) is 5.94. The second-order valence-corrected chi connectivity index (χ2v) is 4.62. The fourth-order valence-corrected chi connectivity index (χ4v) is 2.05. The van der Waals surface area contributed by atoms with Crippen molar-refractivity contribution in [1.82, 2.24) is 4.57 Å². The van der Waals surface area contributed by atoms with E-state index in [0.717, 1.165) is 6.29 Å². The summed E-state index contributed by atoms with van der Waals surface area (Å²) in [7, 11) is 0. The Bertz CT molecular complexity index is 607. The van der Waals surface area contributed by atoms with Crippen molar-refractivity contribution in [2.24, 2.45) is 0 Å². The molecule has 0 aliphatic heterocycles. The van der Waals surface area contributed by atoms with E-state index in [9.17, 15) is 14.9 Å². The standard InChI is InChI=1S/C12H9BrN2O3/c13-10-4-3-9(12(6-10)15(17)18)7-14-5-1-2-11(14)8-16/h1-6,8H,7H2. The highest BCUT2D eigenvalue weighted by molar-refractivity contribution is 9.10. The molecular formula is C12H9BrN2O3. The first-order chi connectivity index (χ1) is 8.61. The van der Waals surface area contributed by atoms with Crippen molar-refractivity contribution >= 4 is 27.9 Å². The van der Waals surface area contributed by atoms with Gasteiger partial charge in [-0.15, -0.1) is 0 Å². The molecule has 0 amide bonds. The third-order valence-corrected chi connectivity index (χ3v) is 3.06. The van der Waals surface area contributed by atoms with E-state index in [2.05, 4.69) is 15.9 Å². The third-order valence-electron chi connectivity index (χ3n) is 2.57. The van der Waals surface area contributed by atoms with Crippen LogP contribution in [0.25, 0.3) is 0 Å². The highest BCUT2D eigenvalue weighted by Gasteiger charge is 2.15. The number of carbonyl (C=O) groups excluding carboxylic acids is 1. The van der Waals surface area contributed by atoms with E-state index in [0.29, 0.717) is 22.3 Å². The number of nitrogens with zero attached hydrogens (tertiary/aromatic N) is 2. The van der Waals surface area contributed by atoms with Crippen LogP contribution in [0.15, 0.2) is 41.0 Å². The molecule has 0 bridgehead atoms. The summed E-state index contributed by atoms with van der Waals surface area (Å²) in [6, 6.07) is 8.27. The van der Waals surface area contributed by atoms with Crippen LogP contribution in [0.2, 0.25) is 0 Å². The maximum absolute atomic E-state index is 11.0. The first kappa shape index (κ1) is 12.5. The number of nitro groups is 1. The van der Waals surface area contributed by atoms with Gasteiger partial charge >= 0.3 is 0 Å². The Hall–Kier alpha value is -1.95. The van der Waals surface area contributed by atoms with E-state index in [1.165, 1.54) is 6.07 Å². The number of hydrogen-bond acceptors (Lipinski definition) is 3. The van der Waals surface area contributed by atoms with Crippen molar-refractivity contribution in [3.63, 3.8) is 0 Å². The fourth-order valence-electron chi connectivity index (χ4n) is 1.70. The van der Waals surface area contributed by atoms with Gasteiger partial charge in [-0.1, -0.05) is 15.9 Å². The molecule has 0 fully saturated rings. The van der Waals surface area contributed by atoms with Crippen LogP contribution in [0.5, 0.6) is 0 Å². The molecule has 0 atom stereocenters. The first-order valence-electron chi connectivity index (χ1n) is 5.15. The molecule has 0 N–H and O–H groups in total. The van der Waals surface area contributed by atoms with E-state index in [4.69, 9.17) is 0 Å². The van der Waals surface area contributed by atoms with Gasteiger partial charge in [0.2, 0.25) is 0 Å². The maximum Gasteiger partial charge on any atom is 0.275 e. The molecule has 2 aromatic rings. The van der Waals surface area contributed by atoms with E-state index in [1.807, 2.05) is 0 Å². The van der Waals surface area contributed by atoms with Crippen LogP contribution in [-0.2, 0) is 6.54 Å². The zero-order valence-corrected chi connectivity index (χ0v) is 10.8. The Morgan fingerprint density at radius 2 is 2.17 bits per heavy atom. The number of rotatable bonds is 4. The minimum atomic E-state index is -0.426. The van der Waals surface area contributed by atoms with Crippen LogP contribution in [0.4, 0.5) is 5.69 Å². The summed E-state index contributed by atoms with van der Waals surface area (Å²) in [6.45, 7) is 0.296. The maximum atomic E-state index is 11.0. The van der Waals surface area contributed by atoms with Gasteiger partial charge in [0.05, 0.1) is 17.2 Å². The normalized spacial score (nSPS) is 10.3. The summed E-state index contributed by atoms with van der Waals surface area (Å²) in [6.07, 6.45) is 2.44. The fraction of sp³-hybridized carbons (Fsp3) is 0.0833. The van der Waals surface area contributed by atoms with Gasteiger partial charge in [0.15, 0.2) is 6.29 Å². The molecule has 0 aliphatic rings. The second kappa shape index (κ2) is 5.14. The van der Waals surface area contributed by atoms with E-state index in [-0.39, 0.29) is 5.69 Å². The van der Waals surface area contributed by atoms with Gasteiger partial charge in [-0.2, -0.15) is 0 Å². The summed E-state index contributed by atoms with van der Waals surface area (Å²) in [5, 5.41) is 11.0. The molecular weight excluding hydrogens is 300 g/mol. The van der Waals surface area contributed by atoms with Crippen LogP contribution in [-0.4, -0.2) is 15.8 Å². The summed E-state index contributed by atoms with van der Waals surface area (Å²) in [5.41, 5.74) is 1.09. The van der Waals surface area contributed by atoms with Crippen molar-refractivity contribution in [2.75, 3.05) is 0 Å². The molecule has 0 unspecified atom stereocenters. The minimum Gasteiger partial charge on any atom is -0.341 e. The Morgan fingerprint density at radius 3 is 2.83 bits per heavy atom. The molecule has 1 aromatic carbocycles. The SMILES string of the molecule is O=Cc1cccn1Cc1ccc(Br)cc1[N+](=O)[O-]. The van der Waals surface area contributed by atoms with Crippen LogP contribution in [0.3, 0.4) is 0 Å². The van der Waals surface area contributed by atoms with Crippen LogP contribution in [0.1, 0.15) is 16.1 Å². The van der Waals surface area contributed by atoms with Gasteiger partial charge in [-0.25, -0.2) is 0 Å². The van der Waals surface area contributed by atoms with Crippen molar-refractivity contribution in [2.45, 2.75) is 6.54 Å². The van der Waals surface area contributed by atoms with Crippen LogP contribution >= 0.6 is 15.9 Å². The second-order valence-electron chi connectivity index (χ2n) is 3.71. The number of aldehydes is 1. The van der Waals surface area contributed by atoms with E-state index >= 15 is 0 Å². The molecule has 0 spiro atoms. The van der Waals surface area contributed by atoms with E-state index < -0.39 is 4.92 Å². The third kappa shape index (κ3) is 2.48. The molecule has 6 heteroatoms. The Labute approximate surface area is 111 Å². The highest BCUT2D eigenvalue weighted by Crippen LogP contribution is 2.24. The molecule has 0 aliphatic carbocycles. The molecule has 0 saturated carbocycles. The van der Waals surface area contributed by atoms with Gasteiger partial charge in [0.1, 0.15) is 0 Å². The Balaban J connectivity index is 2.40. The van der Waals surface area contributed by atoms with Gasteiger partial charge in [-0.3, -0.25) is 14.9 Å². The van der Waals surface area contributed by atoms with Crippen molar-refractivity contribution in [3.05, 3.63) is 62.4 Å². The minimum absolute atomic E-state index is 0.0370. The predicted molar refractivity (Wildman–Crippen MR) is 69.7 cm³/mol. The monoisotopic (exact) mass is 308 g/mol. The molecule has 18 heavy (non-hydrogen) atoms. The van der Waals surface area contributed by atoms with Gasteiger partial charge < -0.3 is 4.57 Å². The molecule has 1 heterocycles. The zero-order chi connectivity index (χ0) is 13.1. The topological polar surface area (TPSA) is 65.1 Å². The van der Waals surface area contributed by atoms with E-state index in [1.54, 1.807) is 35.0 Å². The number of carbonyl (C=O) groups is 1. The lowest BCUT2D eigenvalue weighted by Gasteiger charge is -2.06. The summed E-state index contributed by atoms with van der Waals surface area (Å²) in [4.78, 5) is 21.3. The molecule has 2 rings (SSSR count). The smallest absolute Gasteiger partial charge is 0.275 e. The quantitative estimate of drug-likeness (QED) is 0.495. The van der Waals surface area contributed by atoms with Gasteiger partial charge in [0.25, 0.3) is 5.69 Å². The van der Waals surface area contributed by atoms with Gasteiger partial charge in [-0.05, 0) is 24.3 Å². The molecule has 1 aromatic heterocycles. The van der Waals surface area contributed by atoms with Crippen molar-refractivity contribution < 1.29 is 9.72 Å². The number of hydrogen-bond donors (Lipinski definition) is 0. The Morgan fingerprint density at radius 1 is 1.39 bits per heavy atom. The summed E-state index contributed by atoms with van der Waals surface area (Å²) < 4.78 is 2.32. The average molecular weight is 309 g/mol. The number of aromatic nitrogens is 1. The lowest BCUT2D eigenvalue weighted by atomic mass is 10.2. The summed E-state index contributed by atoms with van der Waals surface area (Å²) in [5.74, 6) is 0. The largest absolute Gasteiger partial charge is 0.341 e. The van der Waals surface area contributed by atoms with Crippen molar-refractivity contribution in [1.29, 1.82) is 0 Å². The van der Waals surface area contributed by atoms with Crippen LogP contribution < -0.4 is 0 Å². The number of nitro benzene ring substituents is 1. The lowest BCUT2D eigenvalue weighted by molar-refractivity contribution is -0.385. The molecule has 0 saturated heterocycles. The van der Waals surface area contributed by atoms with Crippen LogP contribution in [0, 0.1) is 10.1 Å². The molecule has 92 valence electrons. The predicted octanol–water partition coefficient (Wildman–Crippen LogP) is 3.02. The Kier molecular flexibility index (Phi) is 3.57.